The highest BCUT2D eigenvalue weighted by Gasteiger charge is 1.82. The summed E-state index contributed by atoms with van der Waals surface area (Å²) < 4.78 is 0. The van der Waals surface area contributed by atoms with Crippen LogP contribution in [0.25, 0.3) is 0 Å². The zero-order valence-electron chi connectivity index (χ0n) is 5.57. The molecule has 0 spiro atoms. The second-order valence-corrected chi connectivity index (χ2v) is 1.78. The van der Waals surface area contributed by atoms with Gasteiger partial charge in [-0.3, -0.25) is 5.43 Å². The number of hydrogen-bond acceptors (Lipinski definition) is 3. The summed E-state index contributed by atoms with van der Waals surface area (Å²) in [7, 11) is 0. The Morgan fingerprint density at radius 1 is 1.82 bits per heavy atom. The van der Waals surface area contributed by atoms with Crippen molar-refractivity contribution >= 4 is 12.3 Å². The van der Waals surface area contributed by atoms with Crippen molar-refractivity contribution in [3.05, 3.63) is 24.0 Å². The Morgan fingerprint density at radius 2 is 2.64 bits per heavy atom. The number of hydrogen-bond donors (Lipinski definition) is 2. The van der Waals surface area contributed by atoms with Crippen LogP contribution in [0, 0.1) is 0 Å². The molecule has 0 fully saturated rings. The third-order valence-corrected chi connectivity index (χ3v) is 0.981. The Hall–Kier alpha value is -1.78. The van der Waals surface area contributed by atoms with E-state index < -0.39 is 6.09 Å². The van der Waals surface area contributed by atoms with E-state index in [0.29, 0.717) is 0 Å². The number of H-pyrrole nitrogens is 1. The molecule has 0 aliphatic carbocycles. The molecule has 1 heterocycles. The van der Waals surface area contributed by atoms with Gasteiger partial charge in [0.05, 0.1) is 11.9 Å². The summed E-state index contributed by atoms with van der Waals surface area (Å²) >= 11 is 0. The molecule has 0 aromatic carbocycles. The molecule has 0 atom stereocenters. The van der Waals surface area contributed by atoms with Crippen LogP contribution >= 0.6 is 0 Å². The molecule has 1 aromatic rings. The van der Waals surface area contributed by atoms with Crippen molar-refractivity contribution in [2.75, 3.05) is 0 Å². The first-order valence-corrected chi connectivity index (χ1v) is 2.92. The number of aromatic amines is 1. The van der Waals surface area contributed by atoms with Crippen LogP contribution in [-0.2, 0) is 0 Å². The monoisotopic (exact) mass is 152 g/mol. The number of aromatic nitrogens is 1. The first-order valence-electron chi connectivity index (χ1n) is 2.92. The summed E-state index contributed by atoms with van der Waals surface area (Å²) in [5.41, 5.74) is 2.46. The van der Waals surface area contributed by atoms with Gasteiger partial charge in [0.15, 0.2) is 6.09 Å². The molecule has 0 radical (unpaired) electrons. The third kappa shape index (κ3) is 2.53. The van der Waals surface area contributed by atoms with Crippen LogP contribution in [0.15, 0.2) is 23.4 Å². The molecular weight excluding hydrogens is 146 g/mol. The molecule has 0 bridgehead atoms. The van der Waals surface area contributed by atoms with Crippen molar-refractivity contribution in [1.82, 2.24) is 10.4 Å². The first kappa shape index (κ1) is 7.33. The van der Waals surface area contributed by atoms with Crippen molar-refractivity contribution in [2.24, 2.45) is 5.10 Å². The fourth-order valence-corrected chi connectivity index (χ4v) is 0.579. The Labute approximate surface area is 62.7 Å². The van der Waals surface area contributed by atoms with E-state index in [1.807, 2.05) is 0 Å². The predicted molar refractivity (Wildman–Crippen MR) is 36.9 cm³/mol. The second kappa shape index (κ2) is 3.40. The average Bonchev–Trinajstić information content (AvgIpc) is 2.39. The van der Waals surface area contributed by atoms with E-state index >= 15 is 0 Å². The van der Waals surface area contributed by atoms with Crippen LogP contribution < -0.4 is 10.5 Å². The van der Waals surface area contributed by atoms with Crippen molar-refractivity contribution in [3.8, 4) is 0 Å². The van der Waals surface area contributed by atoms with Crippen molar-refractivity contribution in [2.45, 2.75) is 0 Å². The highest BCUT2D eigenvalue weighted by atomic mass is 16.4. The maximum absolute atomic E-state index is 9.78. The number of carbonyl (C=O) groups excluding carboxylic acids is 1. The summed E-state index contributed by atoms with van der Waals surface area (Å²) in [5, 5.41) is 13.1. The highest BCUT2D eigenvalue weighted by molar-refractivity contribution is 5.77. The average molecular weight is 152 g/mol. The third-order valence-electron chi connectivity index (χ3n) is 0.981. The number of amides is 1. The quantitative estimate of drug-likeness (QED) is 0.433. The first-order chi connectivity index (χ1) is 5.29. The van der Waals surface area contributed by atoms with Crippen molar-refractivity contribution in [3.63, 3.8) is 0 Å². The van der Waals surface area contributed by atoms with Gasteiger partial charge in [-0.2, -0.15) is 5.10 Å². The summed E-state index contributed by atoms with van der Waals surface area (Å²) in [4.78, 5) is 12.6. The molecule has 5 heteroatoms. The number of hydrazone groups is 1. The Bertz CT molecular complexity index is 253. The topological polar surface area (TPSA) is 80.3 Å². The fourth-order valence-electron chi connectivity index (χ4n) is 0.579. The molecule has 1 rings (SSSR count). The fraction of sp³-hybridized carbons (Fsp3) is 0. The molecule has 58 valence electrons. The summed E-state index contributed by atoms with van der Waals surface area (Å²) in [6.45, 7) is 0. The Kier molecular flexibility index (Phi) is 2.27. The van der Waals surface area contributed by atoms with Crippen LogP contribution in [0.3, 0.4) is 0 Å². The zero-order valence-corrected chi connectivity index (χ0v) is 5.57. The minimum Gasteiger partial charge on any atom is -0.529 e. The van der Waals surface area contributed by atoms with E-state index in [9.17, 15) is 9.90 Å². The van der Waals surface area contributed by atoms with Gasteiger partial charge in [-0.05, 0) is 12.1 Å². The number of carbonyl (C=O) groups is 1. The molecule has 1 aromatic heterocycles. The van der Waals surface area contributed by atoms with Crippen LogP contribution in [0.5, 0.6) is 0 Å². The molecular formula is C6H6N3O2-. The largest absolute Gasteiger partial charge is 0.529 e. The lowest BCUT2D eigenvalue weighted by Crippen LogP contribution is -2.32. The van der Waals surface area contributed by atoms with Gasteiger partial charge in [-0.1, -0.05) is 0 Å². The molecule has 0 aliphatic heterocycles. The smallest absolute Gasteiger partial charge is 0.155 e. The Balaban J connectivity index is 2.43. The molecule has 5 nitrogen and oxygen atoms in total. The van der Waals surface area contributed by atoms with Gasteiger partial charge in [0.25, 0.3) is 0 Å². The van der Waals surface area contributed by atoms with Gasteiger partial charge in [0.1, 0.15) is 0 Å². The van der Waals surface area contributed by atoms with Gasteiger partial charge in [0.2, 0.25) is 0 Å². The van der Waals surface area contributed by atoms with E-state index in [4.69, 9.17) is 0 Å². The minimum absolute atomic E-state index is 0.721. The van der Waals surface area contributed by atoms with Crippen LogP contribution in [0.2, 0.25) is 0 Å². The van der Waals surface area contributed by atoms with Gasteiger partial charge in [-0.15, -0.1) is 0 Å². The van der Waals surface area contributed by atoms with E-state index in [2.05, 4.69) is 10.1 Å². The summed E-state index contributed by atoms with van der Waals surface area (Å²) in [6.07, 6.45) is 1.63. The normalized spacial score (nSPS) is 10.2. The van der Waals surface area contributed by atoms with Crippen LogP contribution in [-0.4, -0.2) is 17.3 Å². The minimum atomic E-state index is -1.42. The molecule has 1 amide bonds. The summed E-state index contributed by atoms with van der Waals surface area (Å²) in [6, 6.07) is 3.53. The maximum Gasteiger partial charge on any atom is 0.155 e. The Morgan fingerprint density at radius 3 is 3.18 bits per heavy atom. The molecule has 0 saturated carbocycles. The van der Waals surface area contributed by atoms with E-state index in [-0.39, 0.29) is 0 Å². The molecule has 0 saturated heterocycles. The maximum atomic E-state index is 9.78. The van der Waals surface area contributed by atoms with Gasteiger partial charge >= 0.3 is 0 Å². The highest BCUT2D eigenvalue weighted by Crippen LogP contribution is 1.87. The lowest BCUT2D eigenvalue weighted by molar-refractivity contribution is -0.250. The van der Waals surface area contributed by atoms with E-state index in [0.717, 1.165) is 5.69 Å². The SMILES string of the molecule is O=C([O-])N/N=C/c1ccc[nH]1. The van der Waals surface area contributed by atoms with E-state index in [1.54, 1.807) is 23.8 Å². The molecule has 2 N–H and O–H groups in total. The molecule has 0 unspecified atom stereocenters. The number of nitrogens with zero attached hydrogens (tertiary/aromatic N) is 1. The number of nitrogens with one attached hydrogen (secondary N) is 2. The lowest BCUT2D eigenvalue weighted by atomic mass is 10.5. The number of carboxylic acid groups (broad SMARTS) is 1. The zero-order chi connectivity index (χ0) is 8.10. The van der Waals surface area contributed by atoms with Crippen molar-refractivity contribution in [1.29, 1.82) is 0 Å². The predicted octanol–water partition coefficient (Wildman–Crippen LogP) is -0.719. The van der Waals surface area contributed by atoms with Gasteiger partial charge in [-0.25, -0.2) is 0 Å². The number of rotatable bonds is 2. The van der Waals surface area contributed by atoms with Crippen LogP contribution in [0.4, 0.5) is 4.79 Å². The van der Waals surface area contributed by atoms with E-state index in [1.165, 1.54) is 6.21 Å². The van der Waals surface area contributed by atoms with Gasteiger partial charge in [0, 0.05) is 6.20 Å². The molecule has 11 heavy (non-hydrogen) atoms. The van der Waals surface area contributed by atoms with Crippen molar-refractivity contribution < 1.29 is 9.90 Å². The second-order valence-electron chi connectivity index (χ2n) is 1.78. The van der Waals surface area contributed by atoms with Gasteiger partial charge < -0.3 is 14.9 Å². The lowest BCUT2D eigenvalue weighted by Gasteiger charge is -1.95. The summed E-state index contributed by atoms with van der Waals surface area (Å²) in [5.74, 6) is 0. The standard InChI is InChI=1S/C6H7N3O2/c10-6(11)9-8-4-5-2-1-3-7-5/h1-4,7,9H,(H,10,11)/p-1/b8-4+. The molecule has 0 aliphatic rings. The van der Waals surface area contributed by atoms with Crippen LogP contribution in [0.1, 0.15) is 5.69 Å².